The number of aromatic nitrogens is 4. The summed E-state index contributed by atoms with van der Waals surface area (Å²) in [6, 6.07) is 2.46. The first-order chi connectivity index (χ1) is 16.2. The summed E-state index contributed by atoms with van der Waals surface area (Å²) < 4.78 is 10.9. The Bertz CT molecular complexity index is 1210. The number of hydrogen-bond donors (Lipinski definition) is 1. The lowest BCUT2D eigenvalue weighted by atomic mass is 10.1. The maximum Gasteiger partial charge on any atom is 0.411 e. The third kappa shape index (κ3) is 4.68. The molecule has 1 fully saturated rings. The van der Waals surface area contributed by atoms with E-state index in [1.807, 2.05) is 4.90 Å². The van der Waals surface area contributed by atoms with E-state index < -0.39 is 23.7 Å². The number of anilines is 1. The van der Waals surface area contributed by atoms with Gasteiger partial charge in [0.2, 0.25) is 0 Å². The van der Waals surface area contributed by atoms with Crippen molar-refractivity contribution in [1.29, 1.82) is 0 Å². The maximum absolute atomic E-state index is 12.7. The first-order valence-corrected chi connectivity index (χ1v) is 10.8. The van der Waals surface area contributed by atoms with E-state index in [0.717, 1.165) is 5.56 Å². The normalized spacial score (nSPS) is 16.4. The number of carboxylic acid groups (broad SMARTS) is 1. The first-order valence-electron chi connectivity index (χ1n) is 10.8. The number of ether oxygens (including phenoxy) is 2. The van der Waals surface area contributed by atoms with Crippen molar-refractivity contribution in [3.05, 3.63) is 36.9 Å². The second kappa shape index (κ2) is 9.08. The van der Waals surface area contributed by atoms with E-state index >= 15 is 0 Å². The fraction of sp³-hybridized carbons (Fsp3) is 0.391. The molecule has 1 amide bonds. The zero-order valence-electron chi connectivity index (χ0n) is 19.4. The Kier molecular flexibility index (Phi) is 6.18. The van der Waals surface area contributed by atoms with Gasteiger partial charge in [0.05, 0.1) is 37.0 Å². The predicted molar refractivity (Wildman–Crippen MR) is 124 cm³/mol. The molecule has 0 aromatic carbocycles. The SMILES string of the molecule is COc1cncc2nc(-c3ccncc3)nc(N3CCN(C(=O)OC(C)(C)C)C(C(=O)O)C3)c12. The van der Waals surface area contributed by atoms with Crippen molar-refractivity contribution in [3.63, 3.8) is 0 Å². The first kappa shape index (κ1) is 23.1. The van der Waals surface area contributed by atoms with Crippen molar-refractivity contribution >= 4 is 28.8 Å². The lowest BCUT2D eigenvalue weighted by Gasteiger charge is -2.40. The van der Waals surface area contributed by atoms with Crippen LogP contribution in [0.25, 0.3) is 22.3 Å². The second-order valence-corrected chi connectivity index (χ2v) is 8.82. The van der Waals surface area contributed by atoms with E-state index in [2.05, 4.69) is 15.0 Å². The van der Waals surface area contributed by atoms with Gasteiger partial charge in [0.15, 0.2) is 5.82 Å². The number of carbonyl (C=O) groups excluding carboxylic acids is 1. The number of carboxylic acids is 1. The van der Waals surface area contributed by atoms with Crippen molar-refractivity contribution in [2.24, 2.45) is 0 Å². The van der Waals surface area contributed by atoms with E-state index in [-0.39, 0.29) is 13.1 Å². The molecule has 34 heavy (non-hydrogen) atoms. The summed E-state index contributed by atoms with van der Waals surface area (Å²) in [7, 11) is 1.53. The monoisotopic (exact) mass is 466 g/mol. The number of fused-ring (bicyclic) bond motifs is 1. The Labute approximate surface area is 196 Å². The molecule has 1 saturated heterocycles. The van der Waals surface area contributed by atoms with Gasteiger partial charge in [-0.3, -0.25) is 14.9 Å². The molecule has 1 unspecified atom stereocenters. The van der Waals surface area contributed by atoms with E-state index in [1.54, 1.807) is 57.7 Å². The van der Waals surface area contributed by atoms with Crippen molar-refractivity contribution in [2.75, 3.05) is 31.6 Å². The molecule has 1 N–H and O–H groups in total. The molecule has 0 bridgehead atoms. The highest BCUT2D eigenvalue weighted by atomic mass is 16.6. The second-order valence-electron chi connectivity index (χ2n) is 8.82. The van der Waals surface area contributed by atoms with E-state index in [9.17, 15) is 14.7 Å². The van der Waals surface area contributed by atoms with Crippen molar-refractivity contribution in [1.82, 2.24) is 24.8 Å². The molecular formula is C23H26N6O5. The number of hydrogen-bond acceptors (Lipinski definition) is 9. The molecule has 4 rings (SSSR count). The number of nitrogens with zero attached hydrogens (tertiary/aromatic N) is 6. The van der Waals surface area contributed by atoms with Gasteiger partial charge in [0.25, 0.3) is 0 Å². The maximum atomic E-state index is 12.7. The summed E-state index contributed by atoms with van der Waals surface area (Å²) in [6.07, 6.45) is 5.80. The van der Waals surface area contributed by atoms with Crippen LogP contribution in [0.3, 0.4) is 0 Å². The molecule has 0 saturated carbocycles. The minimum atomic E-state index is -1.13. The van der Waals surface area contributed by atoms with Crippen LogP contribution in [-0.2, 0) is 9.53 Å². The Morgan fingerprint density at radius 2 is 1.82 bits per heavy atom. The van der Waals surface area contributed by atoms with Crippen LogP contribution in [0.4, 0.5) is 10.6 Å². The van der Waals surface area contributed by atoms with Crippen molar-refractivity contribution in [3.8, 4) is 17.1 Å². The van der Waals surface area contributed by atoms with Gasteiger partial charge < -0.3 is 19.5 Å². The molecule has 11 nitrogen and oxygen atoms in total. The summed E-state index contributed by atoms with van der Waals surface area (Å²) in [4.78, 5) is 45.6. The molecule has 1 atom stereocenters. The van der Waals surface area contributed by atoms with Gasteiger partial charge in [-0.15, -0.1) is 0 Å². The summed E-state index contributed by atoms with van der Waals surface area (Å²) in [6.45, 7) is 5.73. The lowest BCUT2D eigenvalue weighted by Crippen LogP contribution is -2.59. The molecule has 178 valence electrons. The van der Waals surface area contributed by atoms with Crippen LogP contribution < -0.4 is 9.64 Å². The Morgan fingerprint density at radius 3 is 2.47 bits per heavy atom. The summed E-state index contributed by atoms with van der Waals surface area (Å²) in [5, 5.41) is 10.5. The van der Waals surface area contributed by atoms with Gasteiger partial charge in [-0.1, -0.05) is 0 Å². The summed E-state index contributed by atoms with van der Waals surface area (Å²) >= 11 is 0. The van der Waals surface area contributed by atoms with Gasteiger partial charge >= 0.3 is 12.1 Å². The Morgan fingerprint density at radius 1 is 1.09 bits per heavy atom. The van der Waals surface area contributed by atoms with Gasteiger partial charge in [0.1, 0.15) is 23.2 Å². The number of pyridine rings is 2. The van der Waals surface area contributed by atoms with Gasteiger partial charge in [0, 0.05) is 31.0 Å². The van der Waals surface area contributed by atoms with Gasteiger partial charge in [-0.05, 0) is 32.9 Å². The molecule has 4 heterocycles. The van der Waals surface area contributed by atoms with Gasteiger partial charge in [-0.2, -0.15) is 0 Å². The average molecular weight is 466 g/mol. The number of piperazine rings is 1. The van der Waals surface area contributed by atoms with Crippen LogP contribution in [0.2, 0.25) is 0 Å². The quantitative estimate of drug-likeness (QED) is 0.612. The molecule has 1 aliphatic heterocycles. The third-order valence-corrected chi connectivity index (χ3v) is 5.30. The predicted octanol–water partition coefficient (Wildman–Crippen LogP) is 2.61. The standard InChI is InChI=1S/C23H26N6O5/c1-23(2,3)34-22(32)29-10-9-28(13-16(29)21(30)31)20-18-15(11-25-12-17(18)33-4)26-19(27-20)14-5-7-24-8-6-14/h5-8,11-12,16H,9-10,13H2,1-4H3,(H,30,31). The fourth-order valence-electron chi connectivity index (χ4n) is 3.78. The Balaban J connectivity index is 1.77. The number of amides is 1. The number of carbonyl (C=O) groups is 2. The van der Waals surface area contributed by atoms with E-state index in [1.165, 1.54) is 12.0 Å². The highest BCUT2D eigenvalue weighted by Gasteiger charge is 2.38. The molecule has 0 aliphatic carbocycles. The lowest BCUT2D eigenvalue weighted by molar-refractivity contribution is -0.143. The summed E-state index contributed by atoms with van der Waals surface area (Å²) in [5.41, 5.74) is 0.570. The average Bonchev–Trinajstić information content (AvgIpc) is 2.82. The van der Waals surface area contributed by atoms with Crippen LogP contribution in [0.15, 0.2) is 36.9 Å². The van der Waals surface area contributed by atoms with E-state index in [0.29, 0.717) is 34.8 Å². The third-order valence-electron chi connectivity index (χ3n) is 5.30. The van der Waals surface area contributed by atoms with E-state index in [4.69, 9.17) is 14.5 Å². The minimum Gasteiger partial charge on any atom is -0.494 e. The smallest absolute Gasteiger partial charge is 0.411 e. The zero-order chi connectivity index (χ0) is 24.5. The zero-order valence-corrected chi connectivity index (χ0v) is 19.4. The fourth-order valence-corrected chi connectivity index (χ4v) is 3.78. The molecule has 11 heteroatoms. The van der Waals surface area contributed by atoms with Crippen LogP contribution in [0.5, 0.6) is 5.75 Å². The molecule has 1 aliphatic rings. The summed E-state index contributed by atoms with van der Waals surface area (Å²) in [5.74, 6) is 0.291. The topological polar surface area (TPSA) is 131 Å². The molecular weight excluding hydrogens is 440 g/mol. The highest BCUT2D eigenvalue weighted by Crippen LogP contribution is 2.34. The Hall–Kier alpha value is -4.02. The largest absolute Gasteiger partial charge is 0.494 e. The highest BCUT2D eigenvalue weighted by molar-refractivity contribution is 5.96. The van der Waals surface area contributed by atoms with Crippen LogP contribution >= 0.6 is 0 Å². The minimum absolute atomic E-state index is 0.0158. The number of methoxy groups -OCH3 is 1. The molecule has 0 spiro atoms. The number of rotatable bonds is 4. The van der Waals surface area contributed by atoms with Crippen LogP contribution in [0.1, 0.15) is 20.8 Å². The van der Waals surface area contributed by atoms with Crippen molar-refractivity contribution in [2.45, 2.75) is 32.4 Å². The molecule has 3 aromatic rings. The molecule has 3 aromatic heterocycles. The van der Waals surface area contributed by atoms with Gasteiger partial charge in [-0.25, -0.2) is 19.6 Å². The van der Waals surface area contributed by atoms with Crippen LogP contribution in [-0.4, -0.2) is 80.4 Å². The van der Waals surface area contributed by atoms with Crippen molar-refractivity contribution < 1.29 is 24.2 Å². The number of aliphatic carboxylic acids is 1. The van der Waals surface area contributed by atoms with Crippen LogP contribution in [0, 0.1) is 0 Å². The molecule has 0 radical (unpaired) electrons.